The monoisotopic (exact) mass is 631 g/mol. The molecule has 4 saturated carbocycles. The van der Waals surface area contributed by atoms with Crippen LogP contribution in [0.4, 0.5) is 0 Å². The second kappa shape index (κ2) is 15.6. The Hall–Kier alpha value is -2.21. The summed E-state index contributed by atoms with van der Waals surface area (Å²) >= 11 is 0. The Balaban J connectivity index is 1.36. The van der Waals surface area contributed by atoms with E-state index in [2.05, 4.69) is 44.9 Å². The van der Waals surface area contributed by atoms with E-state index in [4.69, 9.17) is 15.0 Å². The van der Waals surface area contributed by atoms with Gasteiger partial charge in [-0.3, -0.25) is 9.59 Å². The van der Waals surface area contributed by atoms with Crippen molar-refractivity contribution >= 4 is 24.8 Å². The predicted octanol–water partition coefficient (Wildman–Crippen LogP) is 5.38. The molecule has 6 atom stereocenters. The number of nitrogens with two attached hydrogens (primary N) is 1. The standard InChI is InChI=1S/C33H58BN5O6/c1-22(2)18-29(34-44-28-21-25-20-27(32(25,3)4)33(28,5)45-34)37-30(41)24(15-11-17-36-31(35)38-39(42)43)19-26(40)16-10-9-14-23-12-7-6-8-13-23/h22-25,27-29H,6-21H2,1-5H3,(H,37,41)(H3,35,36,38)/t24-,25-,27-,28-,29+,33+/m1/s1. The normalized spacial score (nSPS) is 29.1. The Morgan fingerprint density at radius 1 is 1.11 bits per heavy atom. The summed E-state index contributed by atoms with van der Waals surface area (Å²) in [6.45, 7) is 11.3. The van der Waals surface area contributed by atoms with Gasteiger partial charge in [-0.1, -0.05) is 78.1 Å². The van der Waals surface area contributed by atoms with Crippen LogP contribution in [0.2, 0.25) is 0 Å². The summed E-state index contributed by atoms with van der Waals surface area (Å²) in [5.41, 5.74) is 7.26. The van der Waals surface area contributed by atoms with Gasteiger partial charge in [0.2, 0.25) is 5.91 Å². The molecule has 0 aromatic rings. The molecule has 0 aromatic carbocycles. The highest BCUT2D eigenvalue weighted by molar-refractivity contribution is 6.47. The van der Waals surface area contributed by atoms with Crippen molar-refractivity contribution in [1.29, 1.82) is 0 Å². The lowest BCUT2D eigenvalue weighted by atomic mass is 9.43. The third-order valence-electron chi connectivity index (χ3n) is 11.4. The van der Waals surface area contributed by atoms with Crippen molar-refractivity contribution in [3.05, 3.63) is 10.1 Å². The largest absolute Gasteiger partial charge is 0.481 e. The molecular weight excluding hydrogens is 573 g/mol. The van der Waals surface area contributed by atoms with Gasteiger partial charge < -0.3 is 20.4 Å². The van der Waals surface area contributed by atoms with Crippen LogP contribution in [-0.4, -0.2) is 54.0 Å². The molecule has 5 rings (SSSR count). The Labute approximate surface area is 270 Å². The molecule has 1 amide bonds. The average molecular weight is 632 g/mol. The van der Waals surface area contributed by atoms with Crippen LogP contribution in [0.15, 0.2) is 4.99 Å². The van der Waals surface area contributed by atoms with Crippen LogP contribution in [0.25, 0.3) is 0 Å². The van der Waals surface area contributed by atoms with Crippen LogP contribution in [0.5, 0.6) is 0 Å². The fourth-order valence-electron chi connectivity index (χ4n) is 8.72. The molecule has 0 aromatic heterocycles. The molecule has 2 bridgehead atoms. The number of carbonyl (C=O) groups excluding carboxylic acids is 2. The first kappa shape index (κ1) is 35.6. The molecule has 0 unspecified atom stereocenters. The molecule has 1 heterocycles. The van der Waals surface area contributed by atoms with Gasteiger partial charge in [0.05, 0.1) is 17.6 Å². The minimum atomic E-state index is -0.759. The van der Waals surface area contributed by atoms with Crippen LogP contribution in [0.3, 0.4) is 0 Å². The summed E-state index contributed by atoms with van der Waals surface area (Å²) in [5.74, 6) is 0.956. The molecule has 1 saturated heterocycles. The van der Waals surface area contributed by atoms with Crippen LogP contribution in [0.1, 0.15) is 131 Å². The van der Waals surface area contributed by atoms with Crippen molar-refractivity contribution in [1.82, 2.24) is 10.7 Å². The maximum absolute atomic E-state index is 13.9. The molecule has 1 aliphatic heterocycles. The van der Waals surface area contributed by atoms with Crippen LogP contribution < -0.4 is 16.5 Å². The number of aliphatic imine (C=N–C) groups is 1. The zero-order valence-corrected chi connectivity index (χ0v) is 28.4. The minimum Gasteiger partial charge on any atom is -0.404 e. The molecule has 4 N–H and O–H groups in total. The van der Waals surface area contributed by atoms with E-state index in [1.165, 1.54) is 38.5 Å². The number of nitro groups is 1. The molecule has 254 valence electrons. The van der Waals surface area contributed by atoms with Gasteiger partial charge in [0.15, 0.2) is 5.03 Å². The molecular formula is C33H58BN5O6. The van der Waals surface area contributed by atoms with Gasteiger partial charge >= 0.3 is 7.12 Å². The van der Waals surface area contributed by atoms with Gasteiger partial charge in [0.1, 0.15) is 5.78 Å². The highest BCUT2D eigenvalue weighted by Gasteiger charge is 2.68. The summed E-state index contributed by atoms with van der Waals surface area (Å²) in [5, 5.41) is 13.1. The van der Waals surface area contributed by atoms with Gasteiger partial charge in [-0.05, 0) is 74.5 Å². The lowest BCUT2D eigenvalue weighted by molar-refractivity contribution is -0.525. The van der Waals surface area contributed by atoms with Gasteiger partial charge in [0.25, 0.3) is 5.96 Å². The number of amides is 1. The summed E-state index contributed by atoms with van der Waals surface area (Å²) in [7, 11) is -0.532. The highest BCUT2D eigenvalue weighted by atomic mass is 16.7. The van der Waals surface area contributed by atoms with E-state index in [-0.39, 0.29) is 53.7 Å². The lowest BCUT2D eigenvalue weighted by Crippen LogP contribution is -2.65. The molecule has 4 aliphatic carbocycles. The van der Waals surface area contributed by atoms with Crippen molar-refractivity contribution in [3.8, 4) is 0 Å². The van der Waals surface area contributed by atoms with E-state index in [0.717, 1.165) is 31.6 Å². The summed E-state index contributed by atoms with van der Waals surface area (Å²) in [6.07, 6.45) is 14.1. The number of hydrogen-bond acceptors (Lipinski definition) is 7. The summed E-state index contributed by atoms with van der Waals surface area (Å²) in [4.78, 5) is 41.6. The number of guanidine groups is 1. The molecule has 0 spiro atoms. The Bertz CT molecular complexity index is 1070. The smallest absolute Gasteiger partial charge is 0.404 e. The average Bonchev–Trinajstić information content (AvgIpc) is 3.33. The van der Waals surface area contributed by atoms with E-state index in [9.17, 15) is 19.7 Å². The maximum atomic E-state index is 13.9. The van der Waals surface area contributed by atoms with Crippen LogP contribution in [-0.2, 0) is 18.9 Å². The number of rotatable bonds is 17. The van der Waals surface area contributed by atoms with Crippen LogP contribution in [0, 0.1) is 45.1 Å². The molecule has 5 aliphatic rings. The zero-order chi connectivity index (χ0) is 32.8. The zero-order valence-electron chi connectivity index (χ0n) is 28.4. The Morgan fingerprint density at radius 2 is 1.84 bits per heavy atom. The fourth-order valence-corrected chi connectivity index (χ4v) is 8.72. The van der Waals surface area contributed by atoms with Crippen molar-refractivity contribution in [2.75, 3.05) is 6.54 Å². The lowest BCUT2D eigenvalue weighted by Gasteiger charge is -2.64. The number of hydrazine groups is 1. The van der Waals surface area contributed by atoms with E-state index in [1.807, 2.05) is 5.43 Å². The number of nitrogens with zero attached hydrogens (tertiary/aromatic N) is 2. The van der Waals surface area contributed by atoms with Crippen LogP contribution >= 0.6 is 0 Å². The van der Waals surface area contributed by atoms with E-state index < -0.39 is 18.1 Å². The SMILES string of the molecule is CC(C)C[C@H](NC(=O)[C@H](CCCN=C(N)N[N+](=O)[O-])CC(=O)CCCCC1CCCCC1)B1O[C@@H]2C[C@H]3C[C@H](C3(C)C)[C@]2(C)O1. The Morgan fingerprint density at radius 3 is 2.51 bits per heavy atom. The van der Waals surface area contributed by atoms with E-state index in [0.29, 0.717) is 43.4 Å². The molecule has 45 heavy (non-hydrogen) atoms. The Kier molecular flexibility index (Phi) is 12.3. The third-order valence-corrected chi connectivity index (χ3v) is 11.4. The van der Waals surface area contributed by atoms with Gasteiger partial charge in [-0.2, -0.15) is 0 Å². The van der Waals surface area contributed by atoms with Crippen molar-refractivity contribution in [2.24, 2.45) is 45.7 Å². The first-order valence-electron chi connectivity index (χ1n) is 17.7. The number of nitrogens with one attached hydrogen (secondary N) is 2. The molecule has 12 heteroatoms. The first-order valence-corrected chi connectivity index (χ1v) is 17.7. The number of Topliss-reactive ketones (excluding diaryl/α,β-unsaturated/α-hetero) is 1. The van der Waals surface area contributed by atoms with Crippen molar-refractivity contribution < 1.29 is 23.9 Å². The molecule has 5 fully saturated rings. The summed E-state index contributed by atoms with van der Waals surface area (Å²) < 4.78 is 13.3. The first-order chi connectivity index (χ1) is 21.3. The third kappa shape index (κ3) is 9.21. The number of unbranched alkanes of at least 4 members (excludes halogenated alkanes) is 1. The number of carbonyl (C=O) groups is 2. The van der Waals surface area contributed by atoms with Crippen molar-refractivity contribution in [2.45, 2.75) is 149 Å². The second-order valence-electron chi connectivity index (χ2n) is 15.5. The van der Waals surface area contributed by atoms with E-state index >= 15 is 0 Å². The summed E-state index contributed by atoms with van der Waals surface area (Å²) in [6, 6.07) is 0. The number of hydrogen-bond donors (Lipinski definition) is 3. The quantitative estimate of drug-likeness (QED) is 0.0482. The number of ketones is 1. The molecule has 0 radical (unpaired) electrons. The fraction of sp³-hybridized carbons (Fsp3) is 0.909. The predicted molar refractivity (Wildman–Crippen MR) is 176 cm³/mol. The topological polar surface area (TPSA) is 158 Å². The minimum absolute atomic E-state index is 0.0212. The second-order valence-corrected chi connectivity index (χ2v) is 15.5. The van der Waals surface area contributed by atoms with E-state index in [1.54, 1.807) is 0 Å². The maximum Gasteiger partial charge on any atom is 0.481 e. The van der Waals surface area contributed by atoms with Crippen molar-refractivity contribution in [3.63, 3.8) is 0 Å². The highest BCUT2D eigenvalue weighted by Crippen LogP contribution is 2.65. The van der Waals surface area contributed by atoms with Gasteiger partial charge in [0, 0.05) is 25.3 Å². The van der Waals surface area contributed by atoms with Gasteiger partial charge in [-0.25, -0.2) is 15.1 Å². The van der Waals surface area contributed by atoms with Gasteiger partial charge in [-0.15, -0.1) is 0 Å². The molecule has 11 nitrogen and oxygen atoms in total.